The summed E-state index contributed by atoms with van der Waals surface area (Å²) >= 11 is 0. The van der Waals surface area contributed by atoms with Crippen LogP contribution in [0.4, 0.5) is 4.79 Å². The number of carbonyl (C=O) groups excluding carboxylic acids is 1. The summed E-state index contributed by atoms with van der Waals surface area (Å²) in [5.41, 5.74) is 0.784. The summed E-state index contributed by atoms with van der Waals surface area (Å²) in [6.07, 6.45) is 9.08. The molecule has 1 saturated carbocycles. The number of alkyl carbamates (subject to hydrolysis) is 1. The van der Waals surface area contributed by atoms with Gasteiger partial charge in [0.05, 0.1) is 11.7 Å². The summed E-state index contributed by atoms with van der Waals surface area (Å²) in [5.74, 6) is 0.528. The van der Waals surface area contributed by atoms with Gasteiger partial charge in [0.25, 0.3) is 0 Å². The van der Waals surface area contributed by atoms with Crippen LogP contribution in [0.5, 0.6) is 0 Å². The van der Waals surface area contributed by atoms with Crippen LogP contribution in [0.2, 0.25) is 0 Å². The molecule has 148 valence electrons. The summed E-state index contributed by atoms with van der Waals surface area (Å²) in [5, 5.41) is 8.85. The molecule has 1 amide bonds. The fourth-order valence-electron chi connectivity index (χ4n) is 4.10. The Hall–Kier alpha value is -2.04. The number of ether oxygens (including phenoxy) is 1. The zero-order valence-electron chi connectivity index (χ0n) is 16.9. The highest BCUT2D eigenvalue weighted by Crippen LogP contribution is 2.27. The quantitative estimate of drug-likeness (QED) is 0.719. The molecule has 2 unspecified atom stereocenters. The average Bonchev–Trinajstić information content (AvgIpc) is 3.03. The van der Waals surface area contributed by atoms with Gasteiger partial charge in [0.1, 0.15) is 5.60 Å². The van der Waals surface area contributed by atoms with Crippen molar-refractivity contribution in [1.29, 1.82) is 0 Å². The van der Waals surface area contributed by atoms with Gasteiger partial charge >= 0.3 is 6.09 Å². The summed E-state index contributed by atoms with van der Waals surface area (Å²) in [7, 11) is 0. The van der Waals surface area contributed by atoms with Crippen LogP contribution < -0.4 is 5.32 Å². The number of carbonyl (C=O) groups is 1. The zero-order chi connectivity index (χ0) is 19.3. The van der Waals surface area contributed by atoms with Gasteiger partial charge < -0.3 is 10.1 Å². The molecule has 1 heterocycles. The van der Waals surface area contributed by atoms with Gasteiger partial charge in [-0.2, -0.15) is 5.10 Å². The number of fused-ring (bicyclic) bond motifs is 1. The SMILES string of the molecule is CCCCC(C)(C)OC(=O)NC1CCCC(Cn2ncc3ccccc32)C1. The third-order valence-corrected chi connectivity index (χ3v) is 5.59. The summed E-state index contributed by atoms with van der Waals surface area (Å²) in [6, 6.07) is 8.52. The average molecular weight is 372 g/mol. The minimum Gasteiger partial charge on any atom is -0.444 e. The molecule has 1 aliphatic rings. The highest BCUT2D eigenvalue weighted by atomic mass is 16.6. The molecule has 0 saturated heterocycles. The molecule has 2 aromatic rings. The van der Waals surface area contributed by atoms with Gasteiger partial charge in [0.2, 0.25) is 0 Å². The lowest BCUT2D eigenvalue weighted by Gasteiger charge is -2.31. The molecule has 1 N–H and O–H groups in total. The highest BCUT2D eigenvalue weighted by Gasteiger charge is 2.27. The molecular formula is C22H33N3O2. The number of unbranched alkanes of at least 4 members (excludes halogenated alkanes) is 1. The van der Waals surface area contributed by atoms with Gasteiger partial charge in [-0.25, -0.2) is 4.79 Å². The molecule has 1 aromatic heterocycles. The lowest BCUT2D eigenvalue weighted by atomic mass is 9.85. The van der Waals surface area contributed by atoms with Crippen molar-refractivity contribution < 1.29 is 9.53 Å². The first-order valence-electron chi connectivity index (χ1n) is 10.4. The lowest BCUT2D eigenvalue weighted by Crippen LogP contribution is -2.42. The molecular weight excluding hydrogens is 338 g/mol. The standard InChI is InChI=1S/C22H33N3O2/c1-4-5-13-22(2,3)27-21(26)24-19-11-8-9-17(14-19)16-25-20-12-7-6-10-18(20)15-23-25/h6-7,10,12,15,17,19H,4-5,8-9,11,13-14,16H2,1-3H3,(H,24,26). The molecule has 0 spiro atoms. The molecule has 1 aromatic carbocycles. The van der Waals surface area contributed by atoms with E-state index in [0.717, 1.165) is 45.1 Å². The number of amides is 1. The molecule has 2 atom stereocenters. The van der Waals surface area contributed by atoms with E-state index in [9.17, 15) is 4.79 Å². The van der Waals surface area contributed by atoms with Gasteiger partial charge in [-0.1, -0.05) is 38.0 Å². The Morgan fingerprint density at radius 1 is 1.33 bits per heavy atom. The molecule has 0 bridgehead atoms. The van der Waals surface area contributed by atoms with Crippen molar-refractivity contribution in [3.8, 4) is 0 Å². The molecule has 27 heavy (non-hydrogen) atoms. The molecule has 5 nitrogen and oxygen atoms in total. The number of hydrogen-bond acceptors (Lipinski definition) is 3. The van der Waals surface area contributed by atoms with Crippen molar-refractivity contribution in [2.45, 2.75) is 83.9 Å². The van der Waals surface area contributed by atoms with Crippen molar-refractivity contribution in [2.24, 2.45) is 5.92 Å². The summed E-state index contributed by atoms with van der Waals surface area (Å²) in [6.45, 7) is 7.05. The van der Waals surface area contributed by atoms with Crippen LogP contribution in [0.3, 0.4) is 0 Å². The van der Waals surface area contributed by atoms with E-state index in [1.54, 1.807) is 0 Å². The molecule has 1 aliphatic carbocycles. The third kappa shape index (κ3) is 5.47. The largest absolute Gasteiger partial charge is 0.444 e. The van der Waals surface area contributed by atoms with E-state index in [1.165, 1.54) is 17.3 Å². The second kappa shape index (κ2) is 8.77. The second-order valence-corrected chi connectivity index (χ2v) is 8.51. The van der Waals surface area contributed by atoms with Crippen LogP contribution in [0.25, 0.3) is 10.9 Å². The Labute approximate surface area is 162 Å². The van der Waals surface area contributed by atoms with Crippen molar-refractivity contribution in [2.75, 3.05) is 0 Å². The lowest BCUT2D eigenvalue weighted by molar-refractivity contribution is 0.0277. The van der Waals surface area contributed by atoms with E-state index in [4.69, 9.17) is 4.74 Å². The third-order valence-electron chi connectivity index (χ3n) is 5.59. The Balaban J connectivity index is 1.52. The summed E-state index contributed by atoms with van der Waals surface area (Å²) in [4.78, 5) is 12.3. The van der Waals surface area contributed by atoms with Crippen molar-refractivity contribution in [3.05, 3.63) is 30.5 Å². The van der Waals surface area contributed by atoms with Gasteiger partial charge in [0.15, 0.2) is 0 Å². The van der Waals surface area contributed by atoms with E-state index >= 15 is 0 Å². The number of nitrogens with zero attached hydrogens (tertiary/aromatic N) is 2. The smallest absolute Gasteiger partial charge is 0.407 e. The van der Waals surface area contributed by atoms with Crippen LogP contribution >= 0.6 is 0 Å². The maximum Gasteiger partial charge on any atom is 0.407 e. The fraction of sp³-hybridized carbons (Fsp3) is 0.636. The molecule has 1 fully saturated rings. The van der Waals surface area contributed by atoms with Crippen LogP contribution in [0, 0.1) is 5.92 Å². The molecule has 3 rings (SSSR count). The first kappa shape index (κ1) is 19.7. The number of benzene rings is 1. The topological polar surface area (TPSA) is 56.1 Å². The molecule has 5 heteroatoms. The molecule has 0 radical (unpaired) electrons. The number of aromatic nitrogens is 2. The van der Waals surface area contributed by atoms with E-state index in [-0.39, 0.29) is 12.1 Å². The highest BCUT2D eigenvalue weighted by molar-refractivity contribution is 5.78. The van der Waals surface area contributed by atoms with Gasteiger partial charge in [-0.05, 0) is 57.9 Å². The normalized spacial score (nSPS) is 20.6. The molecule has 0 aliphatic heterocycles. The van der Waals surface area contributed by atoms with Crippen LogP contribution in [0.15, 0.2) is 30.5 Å². The number of nitrogens with one attached hydrogen (secondary N) is 1. The predicted octanol–water partition coefficient (Wildman–Crippen LogP) is 5.29. The van der Waals surface area contributed by atoms with Crippen LogP contribution in [-0.2, 0) is 11.3 Å². The number of para-hydroxylation sites is 1. The first-order chi connectivity index (χ1) is 13.0. The maximum atomic E-state index is 12.3. The van der Waals surface area contributed by atoms with E-state index in [2.05, 4.69) is 40.2 Å². The Morgan fingerprint density at radius 2 is 2.15 bits per heavy atom. The maximum absolute atomic E-state index is 12.3. The minimum atomic E-state index is -0.401. The zero-order valence-corrected chi connectivity index (χ0v) is 16.9. The van der Waals surface area contributed by atoms with Crippen molar-refractivity contribution in [3.63, 3.8) is 0 Å². The van der Waals surface area contributed by atoms with Crippen LogP contribution in [-0.4, -0.2) is 27.5 Å². The Bertz CT molecular complexity index is 753. The summed E-state index contributed by atoms with van der Waals surface area (Å²) < 4.78 is 7.78. The first-order valence-corrected chi connectivity index (χ1v) is 10.4. The van der Waals surface area contributed by atoms with Crippen molar-refractivity contribution in [1.82, 2.24) is 15.1 Å². The Morgan fingerprint density at radius 3 is 2.96 bits per heavy atom. The van der Waals surface area contributed by atoms with Gasteiger partial charge in [-0.15, -0.1) is 0 Å². The van der Waals surface area contributed by atoms with Crippen LogP contribution in [0.1, 0.15) is 65.7 Å². The monoisotopic (exact) mass is 371 g/mol. The number of hydrogen-bond donors (Lipinski definition) is 1. The van der Waals surface area contributed by atoms with E-state index in [1.807, 2.05) is 26.1 Å². The fourth-order valence-corrected chi connectivity index (χ4v) is 4.10. The minimum absolute atomic E-state index is 0.194. The van der Waals surface area contributed by atoms with E-state index < -0.39 is 5.60 Å². The van der Waals surface area contributed by atoms with Gasteiger partial charge in [0, 0.05) is 18.0 Å². The van der Waals surface area contributed by atoms with Gasteiger partial charge in [-0.3, -0.25) is 4.68 Å². The number of rotatable bonds is 7. The predicted molar refractivity (Wildman–Crippen MR) is 109 cm³/mol. The Kier molecular flexibility index (Phi) is 6.40. The van der Waals surface area contributed by atoms with Crippen molar-refractivity contribution >= 4 is 17.0 Å². The second-order valence-electron chi connectivity index (χ2n) is 8.51. The van der Waals surface area contributed by atoms with E-state index in [0.29, 0.717) is 5.92 Å².